The third-order valence-electron chi connectivity index (χ3n) is 6.60. The maximum absolute atomic E-state index is 13.3. The molecule has 200 valence electrons. The Morgan fingerprint density at radius 2 is 2.16 bits per heavy atom. The normalized spacial score (nSPS) is 17.5. The Bertz CT molecular complexity index is 1260. The zero-order valence-electron chi connectivity index (χ0n) is 21.7. The molecule has 2 atom stereocenters. The molecule has 2 unspecified atom stereocenters. The van der Waals surface area contributed by atoms with E-state index in [1.54, 1.807) is 18.1 Å². The maximum Gasteiger partial charge on any atom is 0.328 e. The second-order valence-corrected chi connectivity index (χ2v) is 9.32. The zero-order valence-corrected chi connectivity index (χ0v) is 21.7. The molecule has 0 aromatic carbocycles. The zero-order chi connectivity index (χ0) is 27.2. The van der Waals surface area contributed by atoms with Crippen molar-refractivity contribution >= 4 is 35.5 Å². The van der Waals surface area contributed by atoms with Crippen LogP contribution in [-0.2, 0) is 27.2 Å². The second-order valence-electron chi connectivity index (χ2n) is 9.32. The largest absolute Gasteiger partial charge is 0.383 e. The number of ether oxygens (including phenoxy) is 2. The quantitative estimate of drug-likeness (QED) is 0.474. The highest BCUT2D eigenvalue weighted by Crippen LogP contribution is 2.29. The third-order valence-corrected chi connectivity index (χ3v) is 6.60. The van der Waals surface area contributed by atoms with Crippen LogP contribution in [0.25, 0.3) is 0 Å². The number of carbonyl (C=O) groups is 3. The monoisotopic (exact) mass is 521 g/mol. The molecule has 12 nitrogen and oxygen atoms in total. The van der Waals surface area contributed by atoms with Gasteiger partial charge >= 0.3 is 6.03 Å². The Hall–Kier alpha value is -4.08. The van der Waals surface area contributed by atoms with Crippen LogP contribution in [0.4, 0.5) is 22.1 Å². The molecule has 0 spiro atoms. The van der Waals surface area contributed by atoms with E-state index in [4.69, 9.17) is 9.47 Å². The number of pyridine rings is 2. The van der Waals surface area contributed by atoms with Crippen LogP contribution in [0.3, 0.4) is 0 Å². The number of nitrogens with zero attached hydrogens (tertiary/aromatic N) is 5. The van der Waals surface area contributed by atoms with Crippen molar-refractivity contribution < 1.29 is 23.9 Å². The van der Waals surface area contributed by atoms with Crippen molar-refractivity contribution in [3.8, 4) is 6.07 Å². The molecule has 0 saturated carbocycles. The van der Waals surface area contributed by atoms with Gasteiger partial charge in [0.1, 0.15) is 29.5 Å². The number of methoxy groups -OCH3 is 2. The number of nitriles is 1. The van der Waals surface area contributed by atoms with E-state index in [0.717, 1.165) is 5.56 Å². The maximum atomic E-state index is 13.3. The summed E-state index contributed by atoms with van der Waals surface area (Å²) in [6, 6.07) is 5.03. The number of carbonyl (C=O) groups excluding carboxylic acids is 3. The van der Waals surface area contributed by atoms with Crippen LogP contribution in [0.1, 0.15) is 46.9 Å². The lowest BCUT2D eigenvalue weighted by Gasteiger charge is -2.29. The van der Waals surface area contributed by atoms with Gasteiger partial charge in [-0.2, -0.15) is 5.26 Å². The van der Waals surface area contributed by atoms with E-state index in [9.17, 15) is 19.6 Å². The van der Waals surface area contributed by atoms with Gasteiger partial charge in [-0.1, -0.05) is 0 Å². The molecule has 2 aliphatic heterocycles. The van der Waals surface area contributed by atoms with Crippen molar-refractivity contribution in [1.29, 1.82) is 5.26 Å². The predicted molar refractivity (Wildman–Crippen MR) is 139 cm³/mol. The molecular weight excluding hydrogens is 490 g/mol. The molecule has 2 aromatic rings. The van der Waals surface area contributed by atoms with E-state index in [1.807, 2.05) is 13.0 Å². The first kappa shape index (κ1) is 27.0. The molecule has 1 fully saturated rings. The van der Waals surface area contributed by atoms with Crippen LogP contribution < -0.4 is 15.5 Å². The van der Waals surface area contributed by atoms with Crippen molar-refractivity contribution in [2.75, 3.05) is 49.4 Å². The van der Waals surface area contributed by atoms with Crippen molar-refractivity contribution in [1.82, 2.24) is 14.9 Å². The average molecular weight is 522 g/mol. The van der Waals surface area contributed by atoms with Crippen molar-refractivity contribution in [2.24, 2.45) is 0 Å². The molecule has 4 rings (SSSR count). The summed E-state index contributed by atoms with van der Waals surface area (Å²) in [6.07, 6.45) is 3.57. The van der Waals surface area contributed by atoms with Gasteiger partial charge in [-0.05, 0) is 31.4 Å². The molecule has 2 aliphatic rings. The van der Waals surface area contributed by atoms with Gasteiger partial charge in [0.2, 0.25) is 0 Å². The van der Waals surface area contributed by atoms with Crippen molar-refractivity contribution in [2.45, 2.75) is 44.9 Å². The van der Waals surface area contributed by atoms with E-state index in [-0.39, 0.29) is 30.0 Å². The number of rotatable bonds is 9. The number of nitrogens with one attached hydrogen (secondary N) is 2. The summed E-state index contributed by atoms with van der Waals surface area (Å²) >= 11 is 0. The van der Waals surface area contributed by atoms with Crippen molar-refractivity contribution in [3.05, 3.63) is 40.7 Å². The number of fused-ring (bicyclic) bond motifs is 1. The van der Waals surface area contributed by atoms with Gasteiger partial charge < -0.3 is 19.7 Å². The number of aldehydes is 1. The highest BCUT2D eigenvalue weighted by atomic mass is 16.5. The molecule has 0 aliphatic carbocycles. The average Bonchev–Trinajstić information content (AvgIpc) is 3.26. The van der Waals surface area contributed by atoms with Crippen LogP contribution in [0.2, 0.25) is 0 Å². The third kappa shape index (κ3) is 5.74. The SMILES string of the molecule is COCC(C)Nc1cc(NC(=O)N2CCCc3cc(CN4CCC(OC)C4=O)c(C=O)nc32)ncc1C#N. The molecule has 3 amide bonds. The number of aromatic nitrogens is 2. The van der Waals surface area contributed by atoms with Gasteiger partial charge in [0.15, 0.2) is 6.29 Å². The molecule has 1 saturated heterocycles. The first-order valence-electron chi connectivity index (χ1n) is 12.4. The minimum absolute atomic E-state index is 0.0663. The molecule has 12 heteroatoms. The van der Waals surface area contributed by atoms with Gasteiger partial charge in [0.05, 0.1) is 17.9 Å². The minimum Gasteiger partial charge on any atom is -0.383 e. The molecule has 4 heterocycles. The van der Waals surface area contributed by atoms with E-state index in [1.165, 1.54) is 18.2 Å². The first-order valence-corrected chi connectivity index (χ1v) is 12.4. The van der Waals surface area contributed by atoms with Gasteiger partial charge in [0.25, 0.3) is 5.91 Å². The van der Waals surface area contributed by atoms with E-state index in [0.29, 0.717) is 67.9 Å². The lowest BCUT2D eigenvalue weighted by atomic mass is 10.0. The number of amides is 3. The Morgan fingerprint density at radius 3 is 2.84 bits per heavy atom. The summed E-state index contributed by atoms with van der Waals surface area (Å²) in [5.41, 5.74) is 2.52. The fourth-order valence-corrected chi connectivity index (χ4v) is 4.74. The minimum atomic E-state index is -0.464. The summed E-state index contributed by atoms with van der Waals surface area (Å²) in [5.74, 6) is 0.562. The smallest absolute Gasteiger partial charge is 0.328 e. The summed E-state index contributed by atoms with van der Waals surface area (Å²) in [5, 5.41) is 15.4. The Balaban J connectivity index is 1.54. The van der Waals surface area contributed by atoms with Gasteiger partial charge in [-0.3, -0.25) is 19.8 Å². The Morgan fingerprint density at radius 1 is 1.34 bits per heavy atom. The molecule has 38 heavy (non-hydrogen) atoms. The molecule has 0 radical (unpaired) electrons. The van der Waals surface area contributed by atoms with Crippen LogP contribution >= 0.6 is 0 Å². The standard InChI is InChI=1S/C26H31N7O5/c1-16(15-37-2)29-20-10-23(28-12-19(20)11-27)31-26(36)33-7-4-5-17-9-18(21(14-34)30-24(17)33)13-32-8-6-22(38-3)25(32)35/h9-10,12,14,16,22H,4-8,13,15H2,1-3H3,(H2,28,29,31,36). The number of aryl methyl sites for hydroxylation is 1. The molecule has 0 bridgehead atoms. The van der Waals surface area contributed by atoms with E-state index in [2.05, 4.69) is 26.7 Å². The summed E-state index contributed by atoms with van der Waals surface area (Å²) < 4.78 is 10.4. The summed E-state index contributed by atoms with van der Waals surface area (Å²) in [7, 11) is 3.10. The highest BCUT2D eigenvalue weighted by Gasteiger charge is 2.33. The molecule has 2 aromatic heterocycles. The number of urea groups is 1. The summed E-state index contributed by atoms with van der Waals surface area (Å²) in [4.78, 5) is 49.6. The highest BCUT2D eigenvalue weighted by molar-refractivity contribution is 6.02. The van der Waals surface area contributed by atoms with Crippen molar-refractivity contribution in [3.63, 3.8) is 0 Å². The number of likely N-dealkylation sites (tertiary alicyclic amines) is 1. The van der Waals surface area contributed by atoms with Crippen LogP contribution in [0.15, 0.2) is 18.3 Å². The number of anilines is 3. The number of hydrogen-bond donors (Lipinski definition) is 2. The van der Waals surface area contributed by atoms with Gasteiger partial charge in [-0.25, -0.2) is 14.8 Å². The van der Waals surface area contributed by atoms with Gasteiger partial charge in [0, 0.05) is 64.1 Å². The summed E-state index contributed by atoms with van der Waals surface area (Å²) in [6.45, 7) is 3.56. The predicted octanol–water partition coefficient (Wildman–Crippen LogP) is 2.34. The Labute approximate surface area is 220 Å². The first-order chi connectivity index (χ1) is 18.4. The van der Waals surface area contributed by atoms with Gasteiger partial charge in [-0.15, -0.1) is 0 Å². The lowest BCUT2D eigenvalue weighted by Crippen LogP contribution is -2.40. The van der Waals surface area contributed by atoms with E-state index >= 15 is 0 Å². The van der Waals surface area contributed by atoms with Crippen LogP contribution in [0.5, 0.6) is 0 Å². The second kappa shape index (κ2) is 12.0. The molecule has 2 N–H and O–H groups in total. The van der Waals surface area contributed by atoms with Crippen LogP contribution in [-0.4, -0.2) is 79.2 Å². The fraction of sp³-hybridized carbons (Fsp3) is 0.462. The molecular formula is C26H31N7O5. The fourth-order valence-electron chi connectivity index (χ4n) is 4.74. The number of hydrogen-bond acceptors (Lipinski definition) is 9. The topological polar surface area (TPSA) is 150 Å². The van der Waals surface area contributed by atoms with E-state index < -0.39 is 12.1 Å². The lowest BCUT2D eigenvalue weighted by molar-refractivity contribution is -0.136. The van der Waals surface area contributed by atoms with Crippen LogP contribution in [0, 0.1) is 11.3 Å². The Kier molecular flexibility index (Phi) is 8.50.